The van der Waals surface area contributed by atoms with E-state index in [1.807, 2.05) is 6.92 Å². The topological polar surface area (TPSA) is 142 Å². The number of imide groups is 1. The van der Waals surface area contributed by atoms with Crippen molar-refractivity contribution in [2.45, 2.75) is 71.4 Å². The molecule has 1 aliphatic carbocycles. The first kappa shape index (κ1) is 22.5. The maximum atomic E-state index is 12.4. The van der Waals surface area contributed by atoms with E-state index in [-0.39, 0.29) is 24.1 Å². The lowest BCUT2D eigenvalue weighted by atomic mass is 9.96. The van der Waals surface area contributed by atoms with Crippen LogP contribution in [0.25, 0.3) is 0 Å². The largest absolute Gasteiger partial charge is 0.383 e. The highest BCUT2D eigenvalue weighted by atomic mass is 16.2. The van der Waals surface area contributed by atoms with Crippen LogP contribution < -0.4 is 32.5 Å². The molecule has 0 unspecified atom stereocenters. The third kappa shape index (κ3) is 6.10. The van der Waals surface area contributed by atoms with E-state index >= 15 is 0 Å². The molecule has 0 spiro atoms. The first-order valence-electron chi connectivity index (χ1n) is 10.3. The number of likely N-dealkylation sites (N-methyl/N-ethyl adjacent to an activating group) is 1. The van der Waals surface area contributed by atoms with Crippen molar-refractivity contribution in [2.24, 2.45) is 0 Å². The fourth-order valence-corrected chi connectivity index (χ4v) is 3.58. The lowest BCUT2D eigenvalue weighted by molar-refractivity contribution is -0.118. The molecule has 1 heterocycles. The number of aromatic amines is 1. The van der Waals surface area contributed by atoms with Crippen molar-refractivity contribution in [3.63, 3.8) is 0 Å². The van der Waals surface area contributed by atoms with E-state index < -0.39 is 23.2 Å². The molecular weight excluding hydrogens is 376 g/mol. The quantitative estimate of drug-likeness (QED) is 0.503. The first-order valence-corrected chi connectivity index (χ1v) is 10.3. The molecule has 1 aliphatic rings. The predicted octanol–water partition coefficient (Wildman–Crippen LogP) is 0.904. The summed E-state index contributed by atoms with van der Waals surface area (Å²) < 4.78 is 1.30. The molecule has 0 atom stereocenters. The summed E-state index contributed by atoms with van der Waals surface area (Å²) in [5.74, 6) is -0.529. The van der Waals surface area contributed by atoms with Crippen molar-refractivity contribution < 1.29 is 9.59 Å². The molecule has 2 rings (SSSR count). The summed E-state index contributed by atoms with van der Waals surface area (Å²) in [6.45, 7) is 4.19. The maximum Gasteiger partial charge on any atom is 0.330 e. The van der Waals surface area contributed by atoms with E-state index in [2.05, 4.69) is 15.6 Å². The third-order valence-corrected chi connectivity index (χ3v) is 5.18. The van der Waals surface area contributed by atoms with Crippen LogP contribution in [0.1, 0.15) is 58.8 Å². The number of urea groups is 1. The van der Waals surface area contributed by atoms with Crippen molar-refractivity contribution in [1.29, 1.82) is 0 Å². The number of nitrogens with zero attached hydrogens (tertiary/aromatic N) is 2. The average Bonchev–Trinajstić information content (AvgIpc) is 2.67. The van der Waals surface area contributed by atoms with Crippen LogP contribution in [0.5, 0.6) is 0 Å². The molecular formula is C19H32N6O4. The Morgan fingerprint density at radius 1 is 1.21 bits per heavy atom. The molecule has 0 radical (unpaired) electrons. The molecule has 0 aromatic carbocycles. The molecule has 1 fully saturated rings. The zero-order valence-electron chi connectivity index (χ0n) is 17.3. The highest BCUT2D eigenvalue weighted by Gasteiger charge is 2.22. The molecule has 1 saturated carbocycles. The van der Waals surface area contributed by atoms with Gasteiger partial charge in [0.1, 0.15) is 11.5 Å². The number of anilines is 2. The second kappa shape index (κ2) is 10.7. The number of nitrogens with one attached hydrogen (secondary N) is 3. The number of nitrogens with two attached hydrogens (primary N) is 1. The lowest BCUT2D eigenvalue weighted by Crippen LogP contribution is -2.49. The second-order valence-corrected chi connectivity index (χ2v) is 7.37. The second-order valence-electron chi connectivity index (χ2n) is 7.37. The zero-order valence-corrected chi connectivity index (χ0v) is 17.3. The molecule has 1 aromatic heterocycles. The van der Waals surface area contributed by atoms with Crippen molar-refractivity contribution in [3.8, 4) is 0 Å². The monoisotopic (exact) mass is 408 g/mol. The highest BCUT2D eigenvalue weighted by molar-refractivity contribution is 5.96. The number of unbranched alkanes of at least 4 members (excludes halogenated alkanes) is 1. The number of aromatic nitrogens is 2. The van der Waals surface area contributed by atoms with Gasteiger partial charge in [0.15, 0.2) is 0 Å². The summed E-state index contributed by atoms with van der Waals surface area (Å²) in [4.78, 5) is 52.6. The summed E-state index contributed by atoms with van der Waals surface area (Å²) in [7, 11) is 0. The Morgan fingerprint density at radius 3 is 2.52 bits per heavy atom. The molecule has 10 heteroatoms. The summed E-state index contributed by atoms with van der Waals surface area (Å²) in [6, 6.07) is -0.452. The fraction of sp³-hybridized carbons (Fsp3) is 0.684. The Morgan fingerprint density at radius 2 is 1.90 bits per heavy atom. The van der Waals surface area contributed by atoms with Crippen LogP contribution in [-0.2, 0) is 11.3 Å². The van der Waals surface area contributed by atoms with E-state index in [9.17, 15) is 19.2 Å². The van der Waals surface area contributed by atoms with Crippen molar-refractivity contribution in [1.82, 2.24) is 20.2 Å². The standard InChI is InChI=1S/C19H32N6O4/c1-3-5-11-25-16(20)15(17(27)23-19(25)29)24(4-2)12-14(26)22-18(28)21-13-9-7-6-8-10-13/h13H,3-12,20H2,1-2H3,(H,23,27,29)(H2,21,22,26,28). The summed E-state index contributed by atoms with van der Waals surface area (Å²) >= 11 is 0. The average molecular weight is 409 g/mol. The lowest BCUT2D eigenvalue weighted by Gasteiger charge is -2.25. The van der Waals surface area contributed by atoms with Crippen LogP contribution in [0.15, 0.2) is 9.59 Å². The molecule has 10 nitrogen and oxygen atoms in total. The van der Waals surface area contributed by atoms with Crippen LogP contribution >= 0.6 is 0 Å². The Balaban J connectivity index is 2.08. The molecule has 1 aromatic rings. The van der Waals surface area contributed by atoms with Gasteiger partial charge in [0, 0.05) is 19.1 Å². The van der Waals surface area contributed by atoms with Gasteiger partial charge in [0.25, 0.3) is 5.56 Å². The minimum Gasteiger partial charge on any atom is -0.383 e. The Hall–Kier alpha value is -2.78. The van der Waals surface area contributed by atoms with E-state index in [1.54, 1.807) is 6.92 Å². The zero-order chi connectivity index (χ0) is 21.4. The van der Waals surface area contributed by atoms with Gasteiger partial charge in [-0.1, -0.05) is 32.6 Å². The highest BCUT2D eigenvalue weighted by Crippen LogP contribution is 2.18. The smallest absolute Gasteiger partial charge is 0.330 e. The van der Waals surface area contributed by atoms with Gasteiger partial charge in [-0.05, 0) is 26.2 Å². The SMILES string of the molecule is CCCCn1c(N)c(N(CC)CC(=O)NC(=O)NC2CCCCC2)c(=O)[nH]c1=O. The van der Waals surface area contributed by atoms with Gasteiger partial charge in [0.2, 0.25) is 5.91 Å². The van der Waals surface area contributed by atoms with Crippen molar-refractivity contribution in [3.05, 3.63) is 20.8 Å². The number of nitrogen functional groups attached to an aromatic ring is 1. The Labute approximate surface area is 169 Å². The van der Waals surface area contributed by atoms with Crippen LogP contribution in [0.3, 0.4) is 0 Å². The Kier molecular flexibility index (Phi) is 8.29. The van der Waals surface area contributed by atoms with E-state index in [0.29, 0.717) is 13.1 Å². The van der Waals surface area contributed by atoms with Crippen LogP contribution in [-0.4, -0.2) is 40.6 Å². The molecule has 29 heavy (non-hydrogen) atoms. The van der Waals surface area contributed by atoms with E-state index in [1.165, 1.54) is 15.9 Å². The van der Waals surface area contributed by atoms with Crippen LogP contribution in [0, 0.1) is 0 Å². The summed E-state index contributed by atoms with van der Waals surface area (Å²) in [5.41, 5.74) is 4.93. The van der Waals surface area contributed by atoms with Crippen molar-refractivity contribution in [2.75, 3.05) is 23.7 Å². The minimum atomic E-state index is -0.651. The van der Waals surface area contributed by atoms with Gasteiger partial charge in [-0.15, -0.1) is 0 Å². The number of carbonyl (C=O) groups excluding carboxylic acids is 2. The van der Waals surface area contributed by atoms with E-state index in [4.69, 9.17) is 5.73 Å². The summed E-state index contributed by atoms with van der Waals surface area (Å²) in [5, 5.41) is 5.12. The molecule has 0 aliphatic heterocycles. The molecule has 162 valence electrons. The van der Waals surface area contributed by atoms with Gasteiger partial charge in [0.05, 0.1) is 6.54 Å². The molecule has 0 saturated heterocycles. The third-order valence-electron chi connectivity index (χ3n) is 5.18. The molecule has 5 N–H and O–H groups in total. The van der Waals surface area contributed by atoms with Gasteiger partial charge < -0.3 is 16.0 Å². The van der Waals surface area contributed by atoms with Crippen LogP contribution in [0.2, 0.25) is 0 Å². The van der Waals surface area contributed by atoms with Crippen molar-refractivity contribution >= 4 is 23.4 Å². The van der Waals surface area contributed by atoms with Gasteiger partial charge in [-0.3, -0.25) is 24.5 Å². The van der Waals surface area contributed by atoms with Gasteiger partial charge in [-0.25, -0.2) is 9.59 Å². The minimum absolute atomic E-state index is 0.0218. The number of hydrogen-bond donors (Lipinski definition) is 4. The molecule has 0 bridgehead atoms. The number of rotatable bonds is 8. The molecule has 3 amide bonds. The predicted molar refractivity (Wildman–Crippen MR) is 112 cm³/mol. The number of carbonyl (C=O) groups is 2. The maximum absolute atomic E-state index is 12.4. The Bertz CT molecular complexity index is 825. The number of hydrogen-bond acceptors (Lipinski definition) is 6. The normalized spacial score (nSPS) is 14.4. The van der Waals surface area contributed by atoms with Crippen LogP contribution in [0.4, 0.5) is 16.3 Å². The van der Waals surface area contributed by atoms with Gasteiger partial charge >= 0.3 is 11.7 Å². The number of H-pyrrole nitrogens is 1. The van der Waals surface area contributed by atoms with Gasteiger partial charge in [-0.2, -0.15) is 0 Å². The fourth-order valence-electron chi connectivity index (χ4n) is 3.58. The summed E-state index contributed by atoms with van der Waals surface area (Å²) in [6.07, 6.45) is 6.71. The number of amides is 3. The van der Waals surface area contributed by atoms with E-state index in [0.717, 1.165) is 38.5 Å². The first-order chi connectivity index (χ1) is 13.9.